The number of carbonyl (C=O) groups is 1. The number of quaternary nitrogens is 1. The molecule has 0 radical (unpaired) electrons. The molecule has 1 heterocycles. The summed E-state index contributed by atoms with van der Waals surface area (Å²) >= 11 is 0. The fraction of sp³-hybridized carbons (Fsp3) is 0.333. The first-order valence-corrected chi connectivity index (χ1v) is 3.05. The molecule has 0 aromatic rings. The maximum atomic E-state index is 10.2. The smallest absolute Gasteiger partial charge is 0.356 e. The number of amidine groups is 1. The minimum Gasteiger partial charge on any atom is -1.00 e. The minimum absolute atomic E-state index is 0. The third kappa shape index (κ3) is 2.69. The number of hydrogen-bond acceptors (Lipinski definition) is 1. The normalized spacial score (nSPS) is 20.8. The first-order valence-electron chi connectivity index (χ1n) is 3.05. The van der Waals surface area contributed by atoms with Gasteiger partial charge in [0.2, 0.25) is 6.20 Å². The quantitative estimate of drug-likeness (QED) is 0.394. The summed E-state index contributed by atoms with van der Waals surface area (Å²) in [4.78, 5) is 14.1. The molecule has 0 aromatic carbocycles. The standard InChI is InChI=1S/C6H8N2O2.ClH/c1-8-3-2-7-5(8)4-6(9)10;/h2-3H,4H2,1H3,(H,9,10);1H/p+1. The van der Waals surface area contributed by atoms with Crippen molar-refractivity contribution in [1.82, 2.24) is 0 Å². The number of carboxylic acid groups (broad SMARTS) is 1. The summed E-state index contributed by atoms with van der Waals surface area (Å²) in [5, 5.41) is 8.39. The van der Waals surface area contributed by atoms with Crippen LogP contribution in [0.4, 0.5) is 0 Å². The Labute approximate surface area is 70.6 Å². The Morgan fingerprint density at radius 2 is 2.45 bits per heavy atom. The molecule has 1 unspecified atom stereocenters. The third-order valence-corrected chi connectivity index (χ3v) is 1.39. The summed E-state index contributed by atoms with van der Waals surface area (Å²) < 4.78 is 0. The van der Waals surface area contributed by atoms with Crippen molar-refractivity contribution in [1.29, 1.82) is 0 Å². The molecule has 1 atom stereocenters. The molecule has 0 bridgehead atoms. The van der Waals surface area contributed by atoms with E-state index in [1.807, 2.05) is 13.2 Å². The molecule has 0 saturated carbocycles. The van der Waals surface area contributed by atoms with E-state index < -0.39 is 5.97 Å². The number of carboxylic acids is 1. The van der Waals surface area contributed by atoms with E-state index in [9.17, 15) is 4.79 Å². The number of aliphatic carboxylic acids is 1. The zero-order chi connectivity index (χ0) is 7.56. The van der Waals surface area contributed by atoms with Gasteiger partial charge in [0.15, 0.2) is 12.6 Å². The van der Waals surface area contributed by atoms with Crippen molar-refractivity contribution in [2.24, 2.45) is 0 Å². The van der Waals surface area contributed by atoms with E-state index in [0.29, 0.717) is 0 Å². The van der Waals surface area contributed by atoms with Gasteiger partial charge in [-0.05, 0) is 0 Å². The van der Waals surface area contributed by atoms with Crippen LogP contribution < -0.4 is 22.3 Å². The molecule has 0 spiro atoms. The Morgan fingerprint density at radius 3 is 2.82 bits per heavy atom. The number of nitrogens with one attached hydrogen (secondary N) is 2. The van der Waals surface area contributed by atoms with E-state index in [0.717, 1.165) is 10.7 Å². The maximum Gasteiger partial charge on any atom is 0.356 e. The van der Waals surface area contributed by atoms with Crippen LogP contribution in [0.3, 0.4) is 0 Å². The summed E-state index contributed by atoms with van der Waals surface area (Å²) in [5.74, 6) is -0.0157. The molecule has 4 nitrogen and oxygen atoms in total. The molecule has 0 aromatic heterocycles. The van der Waals surface area contributed by atoms with E-state index in [-0.39, 0.29) is 18.8 Å². The second-order valence-electron chi connectivity index (χ2n) is 2.21. The number of hydrogen-bond donors (Lipinski definition) is 3. The van der Waals surface area contributed by atoms with Crippen LogP contribution in [0.15, 0.2) is 12.4 Å². The predicted octanol–water partition coefficient (Wildman–Crippen LogP) is -6.06. The van der Waals surface area contributed by atoms with Crippen molar-refractivity contribution >= 4 is 11.8 Å². The fourth-order valence-corrected chi connectivity index (χ4v) is 0.823. The van der Waals surface area contributed by atoms with Gasteiger partial charge in [-0.15, -0.1) is 0 Å². The molecule has 11 heavy (non-hydrogen) atoms. The van der Waals surface area contributed by atoms with Crippen molar-refractivity contribution in [3.8, 4) is 0 Å². The van der Waals surface area contributed by atoms with Crippen LogP contribution in [0, 0.1) is 0 Å². The van der Waals surface area contributed by atoms with Gasteiger partial charge in [-0.1, -0.05) is 0 Å². The van der Waals surface area contributed by atoms with Gasteiger partial charge in [0, 0.05) is 0 Å². The van der Waals surface area contributed by atoms with Crippen LogP contribution in [0.2, 0.25) is 0 Å². The lowest BCUT2D eigenvalue weighted by Gasteiger charge is -1.95. The van der Waals surface area contributed by atoms with E-state index in [1.165, 1.54) is 0 Å². The summed E-state index contributed by atoms with van der Waals surface area (Å²) in [5.41, 5.74) is 0. The van der Waals surface area contributed by atoms with Gasteiger partial charge in [0.05, 0.1) is 7.05 Å². The van der Waals surface area contributed by atoms with Gasteiger partial charge in [0.1, 0.15) is 0 Å². The Morgan fingerprint density at radius 1 is 1.82 bits per heavy atom. The zero-order valence-electron chi connectivity index (χ0n) is 6.10. The Balaban J connectivity index is 0.000001000. The molecular weight excluding hydrogens is 168 g/mol. The minimum atomic E-state index is -0.800. The molecule has 0 fully saturated rings. The lowest BCUT2D eigenvalue weighted by Crippen LogP contribution is -3.10. The molecule has 1 aliphatic heterocycles. The van der Waals surface area contributed by atoms with Crippen molar-refractivity contribution in [2.75, 3.05) is 7.05 Å². The van der Waals surface area contributed by atoms with Crippen molar-refractivity contribution in [3.05, 3.63) is 12.4 Å². The van der Waals surface area contributed by atoms with E-state index in [4.69, 9.17) is 5.11 Å². The van der Waals surface area contributed by atoms with Crippen LogP contribution in [0.25, 0.3) is 0 Å². The molecule has 0 saturated heterocycles. The number of halogens is 1. The van der Waals surface area contributed by atoms with Crippen molar-refractivity contribution in [3.63, 3.8) is 0 Å². The van der Waals surface area contributed by atoms with Gasteiger partial charge in [-0.3, -0.25) is 4.79 Å². The molecule has 5 heteroatoms. The lowest BCUT2D eigenvalue weighted by molar-refractivity contribution is -0.734. The Kier molecular flexibility index (Phi) is 3.78. The van der Waals surface area contributed by atoms with Gasteiger partial charge < -0.3 is 17.5 Å². The molecule has 0 aliphatic carbocycles. The fourth-order valence-electron chi connectivity index (χ4n) is 0.823. The lowest BCUT2D eigenvalue weighted by atomic mass is 10.4. The largest absolute Gasteiger partial charge is 1.00 e. The van der Waals surface area contributed by atoms with Crippen LogP contribution in [0.5, 0.6) is 0 Å². The summed E-state index contributed by atoms with van der Waals surface area (Å²) in [6.07, 6.45) is 3.69. The Hall–Kier alpha value is -0.870. The van der Waals surface area contributed by atoms with E-state index >= 15 is 0 Å². The topological polar surface area (TPSA) is 55.7 Å². The highest BCUT2D eigenvalue weighted by atomic mass is 35.5. The summed E-state index contributed by atoms with van der Waals surface area (Å²) in [6, 6.07) is 0. The predicted molar refractivity (Wildman–Crippen MR) is 34.2 cm³/mol. The first-order chi connectivity index (χ1) is 4.70. The molecule has 0 amide bonds. The highest BCUT2D eigenvalue weighted by Crippen LogP contribution is 1.72. The molecule has 62 valence electrons. The average molecular weight is 178 g/mol. The van der Waals surface area contributed by atoms with Crippen molar-refractivity contribution in [2.45, 2.75) is 6.42 Å². The third-order valence-electron chi connectivity index (χ3n) is 1.39. The van der Waals surface area contributed by atoms with Crippen LogP contribution >= 0.6 is 0 Å². The van der Waals surface area contributed by atoms with E-state index in [2.05, 4.69) is 4.99 Å². The summed E-state index contributed by atoms with van der Waals surface area (Å²) in [6.45, 7) is 0. The second-order valence-corrected chi connectivity index (χ2v) is 2.21. The highest BCUT2D eigenvalue weighted by molar-refractivity contribution is 5.89. The van der Waals surface area contributed by atoms with Gasteiger partial charge in [0.25, 0.3) is 0 Å². The number of rotatable bonds is 2. The van der Waals surface area contributed by atoms with Crippen molar-refractivity contribution < 1.29 is 32.2 Å². The monoisotopic (exact) mass is 177 g/mol. The van der Waals surface area contributed by atoms with Crippen LogP contribution in [-0.4, -0.2) is 24.0 Å². The van der Waals surface area contributed by atoms with Gasteiger partial charge >= 0.3 is 11.8 Å². The van der Waals surface area contributed by atoms with Crippen LogP contribution in [-0.2, 0) is 4.79 Å². The molecule has 1 rings (SSSR count). The maximum absolute atomic E-state index is 10.2. The van der Waals surface area contributed by atoms with E-state index in [1.54, 1.807) is 6.20 Å². The second kappa shape index (κ2) is 4.10. The Bertz CT molecular complexity index is 213. The van der Waals surface area contributed by atoms with Gasteiger partial charge in [-0.25, -0.2) is 4.90 Å². The molecule has 3 N–H and O–H groups in total. The zero-order valence-corrected chi connectivity index (χ0v) is 6.85. The van der Waals surface area contributed by atoms with Crippen LogP contribution in [0.1, 0.15) is 6.42 Å². The average Bonchev–Trinajstić information content (AvgIpc) is 2.15. The molecule has 1 aliphatic rings. The molecular formula is C6H10ClN2O2+. The first kappa shape index (κ1) is 10.1. The highest BCUT2D eigenvalue weighted by Gasteiger charge is 2.23. The summed E-state index contributed by atoms with van der Waals surface area (Å²) in [7, 11) is 1.88. The SMILES string of the molecule is C[NH+]1C=C[NH+]=C1CC(=O)O.[Cl-]. The van der Waals surface area contributed by atoms with Gasteiger partial charge in [-0.2, -0.15) is 4.99 Å².